The zero-order chi connectivity index (χ0) is 22.3. The van der Waals surface area contributed by atoms with Gasteiger partial charge in [-0.1, -0.05) is 12.1 Å². The molecule has 0 saturated carbocycles. The van der Waals surface area contributed by atoms with Gasteiger partial charge in [0.25, 0.3) is 5.92 Å². The number of nitrogens with zero attached hydrogens (tertiary/aromatic N) is 1. The van der Waals surface area contributed by atoms with E-state index in [0.29, 0.717) is 25.7 Å². The molecule has 3 rings (SSSR count). The molecule has 3 unspecified atom stereocenters. The van der Waals surface area contributed by atoms with Crippen molar-refractivity contribution in [1.82, 2.24) is 10.2 Å². The van der Waals surface area contributed by atoms with Crippen molar-refractivity contribution in [2.45, 2.75) is 82.1 Å². The lowest BCUT2D eigenvalue weighted by Crippen LogP contribution is -2.59. The summed E-state index contributed by atoms with van der Waals surface area (Å²) in [6, 6.07) is 3.22. The van der Waals surface area contributed by atoms with E-state index in [0.717, 1.165) is 3.57 Å². The van der Waals surface area contributed by atoms with Crippen LogP contribution in [-0.2, 0) is 15.5 Å². The Labute approximate surface area is 189 Å². The number of fused-ring (bicyclic) bond motifs is 2. The highest BCUT2D eigenvalue weighted by Crippen LogP contribution is 2.39. The molecule has 2 fully saturated rings. The van der Waals surface area contributed by atoms with Crippen molar-refractivity contribution in [1.29, 1.82) is 0 Å². The second-order valence-electron chi connectivity index (χ2n) is 9.05. The van der Waals surface area contributed by atoms with Crippen molar-refractivity contribution < 1.29 is 23.1 Å². The van der Waals surface area contributed by atoms with E-state index in [1.807, 2.05) is 22.6 Å². The number of nitrogens with one attached hydrogen (secondary N) is 1. The van der Waals surface area contributed by atoms with Crippen molar-refractivity contribution >= 4 is 34.6 Å². The molecule has 1 aromatic carbocycles. The lowest BCUT2D eigenvalue weighted by Gasteiger charge is -2.41. The molecule has 2 aliphatic heterocycles. The van der Waals surface area contributed by atoms with Gasteiger partial charge >= 0.3 is 6.09 Å². The molecule has 2 saturated heterocycles. The van der Waals surface area contributed by atoms with Crippen molar-refractivity contribution in [2.24, 2.45) is 5.73 Å². The normalized spacial score (nSPS) is 25.0. The average molecular weight is 535 g/mol. The minimum Gasteiger partial charge on any atom is -0.444 e. The third-order valence-corrected chi connectivity index (χ3v) is 6.31. The van der Waals surface area contributed by atoms with Crippen molar-refractivity contribution in [3.05, 3.63) is 33.4 Å². The topological polar surface area (TPSA) is 84.7 Å². The monoisotopic (exact) mass is 535 g/mol. The molecule has 3 atom stereocenters. The van der Waals surface area contributed by atoms with Gasteiger partial charge in [-0.2, -0.15) is 8.78 Å². The third kappa shape index (κ3) is 5.04. The molecule has 30 heavy (non-hydrogen) atoms. The van der Waals surface area contributed by atoms with Crippen LogP contribution in [0, 0.1) is 3.57 Å². The number of benzene rings is 1. The highest BCUT2D eigenvalue weighted by Gasteiger charge is 2.51. The molecule has 0 aromatic heterocycles. The first-order valence-electron chi connectivity index (χ1n) is 10.1. The van der Waals surface area contributed by atoms with Gasteiger partial charge in [-0.15, -0.1) is 0 Å². The molecule has 6 nitrogen and oxygen atoms in total. The van der Waals surface area contributed by atoms with Crippen molar-refractivity contribution in [3.8, 4) is 0 Å². The van der Waals surface area contributed by atoms with Crippen molar-refractivity contribution in [3.63, 3.8) is 0 Å². The van der Waals surface area contributed by atoms with Gasteiger partial charge in [-0.3, -0.25) is 4.79 Å². The Balaban J connectivity index is 1.66. The van der Waals surface area contributed by atoms with Crippen LogP contribution in [0.2, 0.25) is 0 Å². The summed E-state index contributed by atoms with van der Waals surface area (Å²) < 4.78 is 36.0. The van der Waals surface area contributed by atoms with Crippen molar-refractivity contribution in [2.75, 3.05) is 0 Å². The van der Waals surface area contributed by atoms with E-state index in [1.165, 1.54) is 17.0 Å². The number of nitrogens with two attached hydrogens (primary N) is 1. The van der Waals surface area contributed by atoms with Gasteiger partial charge in [0, 0.05) is 27.3 Å². The first-order valence-corrected chi connectivity index (χ1v) is 11.2. The van der Waals surface area contributed by atoms with Crippen LogP contribution in [-0.4, -0.2) is 46.7 Å². The van der Waals surface area contributed by atoms with Crippen LogP contribution in [0.5, 0.6) is 0 Å². The number of ether oxygens (including phenoxy) is 1. The number of alkyl carbamates (subject to hydrolysis) is 1. The van der Waals surface area contributed by atoms with E-state index in [-0.39, 0.29) is 23.7 Å². The van der Waals surface area contributed by atoms with Crippen LogP contribution < -0.4 is 11.1 Å². The van der Waals surface area contributed by atoms with Gasteiger partial charge in [0.2, 0.25) is 5.91 Å². The van der Waals surface area contributed by atoms with E-state index >= 15 is 0 Å². The molecule has 0 spiro atoms. The number of hydrogen-bond donors (Lipinski definition) is 2. The lowest BCUT2D eigenvalue weighted by atomic mass is 9.94. The highest BCUT2D eigenvalue weighted by atomic mass is 127. The van der Waals surface area contributed by atoms with Gasteiger partial charge in [0.1, 0.15) is 5.60 Å². The molecule has 0 aliphatic carbocycles. The molecule has 2 aliphatic rings. The van der Waals surface area contributed by atoms with Crippen LogP contribution in [0.25, 0.3) is 0 Å². The molecule has 166 valence electrons. The summed E-state index contributed by atoms with van der Waals surface area (Å²) in [5.41, 5.74) is 4.93. The molecule has 1 aromatic rings. The zero-order valence-electron chi connectivity index (χ0n) is 17.3. The summed E-state index contributed by atoms with van der Waals surface area (Å²) in [7, 11) is 0. The van der Waals surface area contributed by atoms with Crippen LogP contribution in [0.3, 0.4) is 0 Å². The maximum atomic E-state index is 14.9. The largest absolute Gasteiger partial charge is 0.444 e. The zero-order valence-corrected chi connectivity index (χ0v) is 19.5. The first kappa shape index (κ1) is 23.2. The van der Waals surface area contributed by atoms with Gasteiger partial charge < -0.3 is 20.7 Å². The van der Waals surface area contributed by atoms with E-state index in [2.05, 4.69) is 5.32 Å². The number of amides is 2. The fourth-order valence-corrected chi connectivity index (χ4v) is 4.66. The quantitative estimate of drug-likeness (QED) is 0.576. The molecule has 9 heteroatoms. The average Bonchev–Trinajstić information content (AvgIpc) is 2.90. The van der Waals surface area contributed by atoms with E-state index in [9.17, 15) is 18.4 Å². The van der Waals surface area contributed by atoms with E-state index in [1.54, 1.807) is 32.9 Å². The minimum absolute atomic E-state index is 0.158. The van der Waals surface area contributed by atoms with Gasteiger partial charge in [-0.25, -0.2) is 4.79 Å². The second kappa shape index (κ2) is 8.57. The molecular weight excluding hydrogens is 507 g/mol. The standard InChI is InChI=1S/C21H28F2IN3O3/c1-20(2,3)30-19(29)26-14-10-15-8-9-16(11-14)27(15)18(28)17(25)21(22,23)12-4-6-13(24)7-5-12/h4-7,14-17H,8-11,25H2,1-3H3,(H,26,29). The lowest BCUT2D eigenvalue weighted by molar-refractivity contribution is -0.147. The summed E-state index contributed by atoms with van der Waals surface area (Å²) in [6.07, 6.45) is 1.93. The SMILES string of the molecule is CC(C)(C)OC(=O)NC1CC2CCC(C1)N2C(=O)C(N)C(F)(F)c1ccc(I)cc1. The van der Waals surface area contributed by atoms with Crippen LogP contribution in [0.1, 0.15) is 52.0 Å². The molecule has 2 amide bonds. The molecule has 2 bridgehead atoms. The number of halogens is 3. The summed E-state index contributed by atoms with van der Waals surface area (Å²) in [5.74, 6) is -4.20. The number of alkyl halides is 2. The van der Waals surface area contributed by atoms with Crippen LogP contribution in [0.15, 0.2) is 24.3 Å². The third-order valence-electron chi connectivity index (χ3n) is 5.59. The molecular formula is C21H28F2IN3O3. The maximum Gasteiger partial charge on any atom is 0.407 e. The van der Waals surface area contributed by atoms with E-state index in [4.69, 9.17) is 10.5 Å². The van der Waals surface area contributed by atoms with Gasteiger partial charge in [0.15, 0.2) is 6.04 Å². The summed E-state index contributed by atoms with van der Waals surface area (Å²) in [6.45, 7) is 5.35. The predicted octanol–water partition coefficient (Wildman–Crippen LogP) is 3.76. The summed E-state index contributed by atoms with van der Waals surface area (Å²) in [5, 5.41) is 2.85. The summed E-state index contributed by atoms with van der Waals surface area (Å²) >= 11 is 2.03. The fraction of sp³-hybridized carbons (Fsp3) is 0.619. The van der Waals surface area contributed by atoms with Gasteiger partial charge in [0.05, 0.1) is 0 Å². The first-order chi connectivity index (χ1) is 13.9. The number of piperidine rings is 1. The number of hydrogen-bond acceptors (Lipinski definition) is 4. The predicted molar refractivity (Wildman–Crippen MR) is 117 cm³/mol. The highest BCUT2D eigenvalue weighted by molar-refractivity contribution is 14.1. The Morgan fingerprint density at radius 2 is 1.70 bits per heavy atom. The Morgan fingerprint density at radius 3 is 2.20 bits per heavy atom. The number of carbonyl (C=O) groups excluding carboxylic acids is 2. The maximum absolute atomic E-state index is 14.9. The fourth-order valence-electron chi connectivity index (χ4n) is 4.30. The van der Waals surface area contributed by atoms with Crippen LogP contribution in [0.4, 0.5) is 13.6 Å². The smallest absolute Gasteiger partial charge is 0.407 e. The number of carbonyl (C=O) groups is 2. The van der Waals surface area contributed by atoms with Crippen LogP contribution >= 0.6 is 22.6 Å². The molecule has 0 radical (unpaired) electrons. The Hall–Kier alpha value is -1.49. The minimum atomic E-state index is -3.47. The summed E-state index contributed by atoms with van der Waals surface area (Å²) in [4.78, 5) is 26.6. The Bertz CT molecular complexity index is 784. The molecule has 3 N–H and O–H groups in total. The van der Waals surface area contributed by atoms with Gasteiger partial charge in [-0.05, 0) is 81.2 Å². The number of rotatable bonds is 4. The molecule has 2 heterocycles. The Kier molecular flexibility index (Phi) is 6.62. The van der Waals surface area contributed by atoms with E-state index < -0.39 is 29.6 Å². The Morgan fingerprint density at radius 1 is 1.17 bits per heavy atom. The second-order valence-corrected chi connectivity index (χ2v) is 10.3.